The van der Waals surface area contributed by atoms with Crippen molar-refractivity contribution in [2.24, 2.45) is 0 Å². The van der Waals surface area contributed by atoms with Crippen LogP contribution < -0.4 is 68.9 Å². The second kappa shape index (κ2) is 15.7. The fraction of sp³-hybridized carbons (Fsp3) is 0. The summed E-state index contributed by atoms with van der Waals surface area (Å²) in [6, 6.07) is 0. The van der Waals surface area contributed by atoms with E-state index < -0.39 is 5.09 Å². The van der Waals surface area contributed by atoms with Crippen LogP contribution in [0.2, 0.25) is 0 Å². The Morgan fingerprint density at radius 3 is 1.57 bits per heavy atom. The summed E-state index contributed by atoms with van der Waals surface area (Å²) in [5.41, 5.74) is 0. The molecule has 0 amide bonds. The molecule has 0 unspecified atom stereocenters. The van der Waals surface area contributed by atoms with E-state index in [1.165, 1.54) is 0 Å². The maximum atomic E-state index is 8.36. The van der Waals surface area contributed by atoms with Crippen molar-refractivity contribution in [2.45, 2.75) is 0 Å². The molecule has 0 saturated carbocycles. The molecule has 0 aromatic heterocycles. The van der Waals surface area contributed by atoms with Gasteiger partial charge in [0.25, 0.3) is 5.09 Å². The van der Waals surface area contributed by atoms with Crippen LogP contribution in [0, 0.1) is 10.1 Å². The topological polar surface area (TPSA) is 94.9 Å². The average molecular weight is 279 g/mol. The Balaban J connectivity index is -0.0000000150. The first-order chi connectivity index (χ1) is 1.73. The van der Waals surface area contributed by atoms with Crippen molar-refractivity contribution >= 4 is 0 Å². The Kier molecular flexibility index (Phi) is 51.9. The Morgan fingerprint density at radius 2 is 1.57 bits per heavy atom. The van der Waals surface area contributed by atoms with E-state index in [1.54, 1.807) is 0 Å². The Labute approximate surface area is 111 Å². The number of nitrogens with zero attached hydrogens (tertiary/aromatic N) is 1. The minimum Gasteiger partial charge on any atom is -0.412 e. The first-order valence-electron chi connectivity index (χ1n) is 0.565. The minimum absolute atomic E-state index is 0. The monoisotopic (exact) mass is 278 g/mol. The Hall–Kier alpha value is 1.84. The molecule has 0 bridgehead atoms. The van der Waals surface area contributed by atoms with E-state index in [2.05, 4.69) is 0 Å². The van der Waals surface area contributed by atoms with Crippen LogP contribution in [0.1, 0.15) is 0 Å². The molecule has 7 heavy (non-hydrogen) atoms. The predicted molar refractivity (Wildman–Crippen MR) is 12.4 cm³/mol. The molecule has 0 atom stereocenters. The summed E-state index contributed by atoms with van der Waals surface area (Å²) in [7, 11) is 0. The predicted octanol–water partition coefficient (Wildman–Crippen LogP) is -4.17. The zero-order chi connectivity index (χ0) is 3.58. The Bertz CT molecular complexity index is 34.7. The third-order valence-corrected chi connectivity index (χ3v) is 0. The van der Waals surface area contributed by atoms with E-state index in [4.69, 9.17) is 15.3 Å². The van der Waals surface area contributed by atoms with Crippen LogP contribution in [0.5, 0.6) is 0 Å². The van der Waals surface area contributed by atoms with Crippen LogP contribution >= 0.6 is 0 Å². The van der Waals surface area contributed by atoms with Crippen LogP contribution in [0.4, 0.5) is 0 Å². The van der Waals surface area contributed by atoms with Crippen molar-refractivity contribution in [3.63, 3.8) is 0 Å². The summed E-state index contributed by atoms with van der Waals surface area (Å²) in [6.07, 6.45) is 0. The van der Waals surface area contributed by atoms with E-state index in [-0.39, 0.29) is 93.8 Å². The smallest absolute Gasteiger partial charge is 0.412 e. The summed E-state index contributed by atoms with van der Waals surface area (Å²) in [4.78, 5) is 8.36. The molecular formula is H3CsNO4Zn+3. The first kappa shape index (κ1) is 23.2. The molecule has 0 aliphatic rings. The SMILES string of the molecule is O.O=[N+]([O-])O.[Cs+].[Zn+2]. The standard InChI is InChI=1S/Cs.HNO3.H2O.Zn/c;2-1(3)4;;/h;(H,2,3,4);1H2;/q+1;;;+2. The third kappa shape index (κ3) is 79.2. The normalized spacial score (nSPS) is 3.43. The van der Waals surface area contributed by atoms with Gasteiger partial charge in [0.2, 0.25) is 0 Å². The molecule has 32 valence electrons. The molecule has 0 spiro atoms. The van der Waals surface area contributed by atoms with E-state index in [0.717, 1.165) is 0 Å². The fourth-order valence-corrected chi connectivity index (χ4v) is 0. The van der Waals surface area contributed by atoms with Crippen molar-refractivity contribution in [3.8, 4) is 0 Å². The minimum atomic E-state index is -1.50. The molecular weight excluding hydrogens is 276 g/mol. The fourth-order valence-electron chi connectivity index (χ4n) is 0. The van der Waals surface area contributed by atoms with Crippen LogP contribution in [-0.2, 0) is 19.5 Å². The van der Waals surface area contributed by atoms with Gasteiger partial charge < -0.3 is 10.7 Å². The summed E-state index contributed by atoms with van der Waals surface area (Å²) >= 11 is 0. The second-order valence-electron chi connectivity index (χ2n) is 0.238. The van der Waals surface area contributed by atoms with Gasteiger partial charge in [0, 0.05) is 0 Å². The molecule has 0 heterocycles. The van der Waals surface area contributed by atoms with Gasteiger partial charge in [-0.1, -0.05) is 0 Å². The number of hydrogen-bond donors (Lipinski definition) is 1. The summed E-state index contributed by atoms with van der Waals surface area (Å²) in [5.74, 6) is 0. The third-order valence-electron chi connectivity index (χ3n) is 0. The van der Waals surface area contributed by atoms with Crippen molar-refractivity contribution in [1.82, 2.24) is 0 Å². The van der Waals surface area contributed by atoms with E-state index in [0.29, 0.717) is 0 Å². The number of rotatable bonds is 0. The van der Waals surface area contributed by atoms with Gasteiger partial charge in [0.1, 0.15) is 0 Å². The molecule has 5 nitrogen and oxygen atoms in total. The molecule has 0 saturated heterocycles. The van der Waals surface area contributed by atoms with Crippen molar-refractivity contribution in [1.29, 1.82) is 0 Å². The van der Waals surface area contributed by atoms with Gasteiger partial charge in [0.05, 0.1) is 0 Å². The molecule has 0 aromatic carbocycles. The summed E-state index contributed by atoms with van der Waals surface area (Å²) in [5, 5.41) is 13.6. The van der Waals surface area contributed by atoms with Crippen LogP contribution in [0.15, 0.2) is 0 Å². The summed E-state index contributed by atoms with van der Waals surface area (Å²) < 4.78 is 0. The van der Waals surface area contributed by atoms with Gasteiger partial charge in [-0.05, 0) is 0 Å². The molecule has 0 radical (unpaired) electrons. The van der Waals surface area contributed by atoms with E-state index in [9.17, 15) is 0 Å². The van der Waals surface area contributed by atoms with Gasteiger partial charge in [-0.3, -0.25) is 0 Å². The molecule has 7 heteroatoms. The molecule has 3 N–H and O–H groups in total. The van der Waals surface area contributed by atoms with E-state index >= 15 is 0 Å². The largest absolute Gasteiger partial charge is 2.00 e. The molecule has 0 fully saturated rings. The van der Waals surface area contributed by atoms with Crippen LogP contribution in [0.3, 0.4) is 0 Å². The maximum absolute atomic E-state index is 8.36. The van der Waals surface area contributed by atoms with Gasteiger partial charge >= 0.3 is 88.4 Å². The maximum Gasteiger partial charge on any atom is 2.00 e. The molecule has 0 aromatic rings. The summed E-state index contributed by atoms with van der Waals surface area (Å²) in [6.45, 7) is 0. The molecule has 0 rings (SSSR count). The molecule has 0 aliphatic carbocycles. The zero-order valence-electron chi connectivity index (χ0n) is 3.92. The quantitative estimate of drug-likeness (QED) is 0.277. The van der Waals surface area contributed by atoms with Gasteiger partial charge in [-0.15, -0.1) is 10.1 Å². The zero-order valence-corrected chi connectivity index (χ0v) is 13.2. The van der Waals surface area contributed by atoms with E-state index in [1.807, 2.05) is 0 Å². The van der Waals surface area contributed by atoms with Crippen LogP contribution in [0.25, 0.3) is 0 Å². The van der Waals surface area contributed by atoms with Crippen molar-refractivity contribution in [3.05, 3.63) is 10.1 Å². The van der Waals surface area contributed by atoms with Gasteiger partial charge in [0.15, 0.2) is 0 Å². The van der Waals surface area contributed by atoms with Gasteiger partial charge in [-0.2, -0.15) is 0 Å². The first-order valence-corrected chi connectivity index (χ1v) is 0.565. The van der Waals surface area contributed by atoms with Crippen molar-refractivity contribution < 1.29 is 104 Å². The van der Waals surface area contributed by atoms with Gasteiger partial charge in [-0.25, -0.2) is 0 Å². The molecule has 0 aliphatic heterocycles. The Morgan fingerprint density at radius 1 is 1.57 bits per heavy atom. The van der Waals surface area contributed by atoms with Crippen LogP contribution in [-0.4, -0.2) is 15.8 Å². The average Bonchev–Trinajstić information content (AvgIpc) is 0.811. The number of hydrogen-bond acceptors (Lipinski definition) is 2. The second-order valence-corrected chi connectivity index (χ2v) is 0.238. The van der Waals surface area contributed by atoms with Crippen molar-refractivity contribution in [2.75, 3.05) is 0 Å².